The van der Waals surface area contributed by atoms with E-state index in [4.69, 9.17) is 10.5 Å². The number of amides is 1. The first-order valence-electron chi connectivity index (χ1n) is 19.6. The average Bonchev–Trinajstić information content (AvgIpc) is 3.49. The van der Waals surface area contributed by atoms with E-state index in [2.05, 4.69) is 35.9 Å². The Hall–Kier alpha value is -3.99. The number of anilines is 1. The lowest BCUT2D eigenvalue weighted by atomic mass is 9.80. The molecule has 2 aliphatic heterocycles. The van der Waals surface area contributed by atoms with Gasteiger partial charge in [-0.05, 0) is 98.0 Å². The Balaban J connectivity index is 1.15. The van der Waals surface area contributed by atoms with E-state index in [1.165, 1.54) is 12.1 Å². The lowest BCUT2D eigenvalue weighted by molar-refractivity contribution is -0.401. The van der Waals surface area contributed by atoms with Gasteiger partial charge in [-0.25, -0.2) is 0 Å². The van der Waals surface area contributed by atoms with Crippen LogP contribution in [0.15, 0.2) is 89.5 Å². The number of nitrogens with one attached hydrogen (secondary N) is 1. The molecule has 2 aliphatic rings. The van der Waals surface area contributed by atoms with Crippen molar-refractivity contribution in [2.24, 2.45) is 5.73 Å². The Morgan fingerprint density at radius 3 is 2.29 bits per heavy atom. The van der Waals surface area contributed by atoms with Gasteiger partial charge < -0.3 is 20.7 Å². The van der Waals surface area contributed by atoms with E-state index in [0.29, 0.717) is 36.7 Å². The van der Waals surface area contributed by atoms with E-state index in [0.717, 1.165) is 71.0 Å². The molecular weight excluding hydrogens is 797 g/mol. The van der Waals surface area contributed by atoms with Crippen molar-refractivity contribution in [1.29, 1.82) is 0 Å². The van der Waals surface area contributed by atoms with Crippen molar-refractivity contribution in [3.63, 3.8) is 0 Å². The fraction of sp³-hybridized carbons (Fsp3) is 0.442. The van der Waals surface area contributed by atoms with Gasteiger partial charge in [0.05, 0.1) is 28.4 Å². The minimum Gasteiger partial charge on any atom is -0.494 e. The summed E-state index contributed by atoms with van der Waals surface area (Å²) in [4.78, 5) is 14.4. The van der Waals surface area contributed by atoms with E-state index < -0.39 is 31.4 Å². The summed E-state index contributed by atoms with van der Waals surface area (Å²) in [6.45, 7) is 10.1. The number of nitrogens with zero attached hydrogens (tertiary/aromatic N) is 2. The molecule has 0 bridgehead atoms. The van der Waals surface area contributed by atoms with Crippen molar-refractivity contribution in [3.8, 4) is 5.75 Å². The molecule has 5 rings (SSSR count). The van der Waals surface area contributed by atoms with Gasteiger partial charge >= 0.3 is 0 Å². The van der Waals surface area contributed by atoms with Crippen molar-refractivity contribution in [2.75, 3.05) is 42.4 Å². The van der Waals surface area contributed by atoms with Crippen LogP contribution in [0.3, 0.4) is 0 Å². The van der Waals surface area contributed by atoms with Crippen LogP contribution in [-0.4, -0.2) is 79.6 Å². The zero-order chi connectivity index (χ0) is 42.3. The predicted molar refractivity (Wildman–Crippen MR) is 233 cm³/mol. The molecule has 314 valence electrons. The van der Waals surface area contributed by atoms with Crippen LogP contribution in [0.25, 0.3) is 0 Å². The molecule has 0 atom stereocenters. The van der Waals surface area contributed by atoms with E-state index in [9.17, 15) is 30.7 Å². The van der Waals surface area contributed by atoms with Crippen molar-refractivity contribution < 1.29 is 40.0 Å². The van der Waals surface area contributed by atoms with E-state index in [1.807, 2.05) is 74.4 Å². The van der Waals surface area contributed by atoms with Crippen LogP contribution in [0.2, 0.25) is 0 Å². The molecule has 5 N–H and O–H groups in total. The van der Waals surface area contributed by atoms with Crippen LogP contribution < -0.4 is 20.7 Å². The smallest absolute Gasteiger partial charge is 0.294 e. The number of carbonyl (C=O) groups is 1. The molecule has 3 aromatic rings. The molecule has 58 heavy (non-hydrogen) atoms. The summed E-state index contributed by atoms with van der Waals surface area (Å²) in [6, 6.07) is 18.5. The Bertz CT molecular complexity index is 2280. The van der Waals surface area contributed by atoms with Crippen LogP contribution >= 0.6 is 11.8 Å². The van der Waals surface area contributed by atoms with Crippen molar-refractivity contribution >= 4 is 55.0 Å². The highest BCUT2D eigenvalue weighted by Gasteiger charge is 2.44. The number of benzene rings is 3. The van der Waals surface area contributed by atoms with Gasteiger partial charge in [0.25, 0.3) is 20.2 Å². The van der Waals surface area contributed by atoms with Gasteiger partial charge in [-0.1, -0.05) is 51.0 Å². The molecule has 0 aromatic heterocycles. The number of hydrogen-bond acceptors (Lipinski definition) is 9. The van der Waals surface area contributed by atoms with Crippen molar-refractivity contribution in [2.45, 2.75) is 88.6 Å². The first-order valence-corrected chi connectivity index (χ1v) is 23.8. The van der Waals surface area contributed by atoms with Gasteiger partial charge in [0.1, 0.15) is 12.8 Å². The minimum atomic E-state index is -4.45. The van der Waals surface area contributed by atoms with Gasteiger partial charge in [-0.15, -0.1) is 0 Å². The Kier molecular flexibility index (Phi) is 14.7. The lowest BCUT2D eigenvalue weighted by Crippen LogP contribution is -2.28. The highest BCUT2D eigenvalue weighted by atomic mass is 32.2. The lowest BCUT2D eigenvalue weighted by Gasteiger charge is -2.27. The number of nitrogens with two attached hydrogens (primary N) is 1. The summed E-state index contributed by atoms with van der Waals surface area (Å²) in [5.74, 6) is 1.81. The quantitative estimate of drug-likeness (QED) is 0.0528. The van der Waals surface area contributed by atoms with E-state index >= 15 is 0 Å². The van der Waals surface area contributed by atoms with E-state index in [1.54, 1.807) is 17.8 Å². The Morgan fingerprint density at radius 1 is 0.897 bits per heavy atom. The van der Waals surface area contributed by atoms with Gasteiger partial charge in [0.15, 0.2) is 5.71 Å². The fourth-order valence-electron chi connectivity index (χ4n) is 7.67. The molecule has 3 aromatic carbocycles. The van der Waals surface area contributed by atoms with E-state index in [-0.39, 0.29) is 29.2 Å². The van der Waals surface area contributed by atoms with Crippen LogP contribution in [0, 0.1) is 0 Å². The fourth-order valence-corrected chi connectivity index (χ4v) is 9.51. The highest BCUT2D eigenvalue weighted by molar-refractivity contribution is 7.99. The highest BCUT2D eigenvalue weighted by Crippen LogP contribution is 2.48. The molecule has 0 unspecified atom stereocenters. The molecule has 12 nitrogen and oxygen atoms in total. The number of allylic oxidation sites excluding steroid dienone is 4. The maximum atomic E-state index is 12.7. The maximum Gasteiger partial charge on any atom is 0.294 e. The third-order valence-electron chi connectivity index (χ3n) is 10.9. The molecule has 0 aliphatic carbocycles. The number of rotatable bonds is 20. The number of hydrogen-bond donors (Lipinski definition) is 4. The molecule has 0 fully saturated rings. The summed E-state index contributed by atoms with van der Waals surface area (Å²) in [7, 11) is -6.60. The third-order valence-corrected chi connectivity index (χ3v) is 13.6. The zero-order valence-corrected chi connectivity index (χ0v) is 36.5. The normalized spacial score (nSPS) is 16.6. The second kappa shape index (κ2) is 18.9. The summed E-state index contributed by atoms with van der Waals surface area (Å²) >= 11 is 1.65. The topological polar surface area (TPSA) is 179 Å². The number of thioether (sulfide) groups is 1. The number of carbonyl (C=O) groups excluding carboxylic acids is 1. The van der Waals surface area contributed by atoms with Gasteiger partial charge in [0.2, 0.25) is 11.6 Å². The summed E-state index contributed by atoms with van der Waals surface area (Å²) in [6.07, 6.45) is 10.3. The van der Waals surface area contributed by atoms with Crippen LogP contribution in [-0.2, 0) is 49.0 Å². The first-order chi connectivity index (χ1) is 27.3. The molecule has 0 saturated carbocycles. The van der Waals surface area contributed by atoms with Crippen molar-refractivity contribution in [1.82, 2.24) is 5.32 Å². The maximum absolute atomic E-state index is 12.7. The Labute approximate surface area is 348 Å². The molecule has 0 radical (unpaired) electrons. The second-order valence-electron chi connectivity index (χ2n) is 15.8. The summed E-state index contributed by atoms with van der Waals surface area (Å²) in [5.41, 5.74) is 12.1. The van der Waals surface area contributed by atoms with Gasteiger partial charge in [-0.3, -0.25) is 13.9 Å². The number of unbranched alkanes of at least 4 members (excludes halogenated alkanes) is 3. The molecule has 1 amide bonds. The standard InChI is InChI=1S/C43H56N4O8S3/c1-42(2)35-26-32(29-45-41(48)30-56-24-9-7-6-8-23-55-33-17-14-31(28-44)15-18-33)16-20-37(35)46(5)39(42)12-10-13-40-43(3,4)36-27-34(58(52,53)54)19-21-38(36)47(40)22-11-25-57(49,50)51/h10,12-21,26-27H,6-9,11,22-25,28-30,44H2,1-5H3,(H2-,45,48,49,50,51,52,53,54)/p+1. The van der Waals surface area contributed by atoms with Gasteiger partial charge in [-0.2, -0.15) is 33.2 Å². The molecular formula is C43H57N4O8S3+. The van der Waals surface area contributed by atoms with Crippen LogP contribution in [0.4, 0.5) is 11.4 Å². The third kappa shape index (κ3) is 11.2. The van der Waals surface area contributed by atoms with Gasteiger partial charge in [0, 0.05) is 54.1 Å². The predicted octanol–water partition coefficient (Wildman–Crippen LogP) is 6.90. The molecule has 15 heteroatoms. The molecule has 0 spiro atoms. The average molecular weight is 854 g/mol. The molecule has 0 saturated heterocycles. The van der Waals surface area contributed by atoms with Crippen LogP contribution in [0.5, 0.6) is 5.75 Å². The SMILES string of the molecule is C[N+]1=C(/C=C/C=C2\N(CCCS(=O)(=O)O)c3ccc(S(=O)(=O)O)cc3C2(C)C)C(C)(C)c2cc(CNC(=O)CSCCCCCCOc3ccc(CN)cc3)ccc21. The zero-order valence-electron chi connectivity index (χ0n) is 34.0. The monoisotopic (exact) mass is 853 g/mol. The summed E-state index contributed by atoms with van der Waals surface area (Å²) < 4.78 is 74.1. The minimum absolute atomic E-state index is 0.0115. The first kappa shape index (κ1) is 45.1. The molecule has 2 heterocycles. The van der Waals surface area contributed by atoms with Crippen molar-refractivity contribution in [3.05, 3.63) is 107 Å². The Morgan fingerprint density at radius 2 is 1.60 bits per heavy atom. The largest absolute Gasteiger partial charge is 0.494 e. The number of ether oxygens (including phenoxy) is 1. The second-order valence-corrected chi connectivity index (χ2v) is 19.9. The van der Waals surface area contributed by atoms with Crippen LogP contribution in [0.1, 0.15) is 82.1 Å². The number of fused-ring (bicyclic) bond motifs is 2. The summed E-state index contributed by atoms with van der Waals surface area (Å²) in [5, 5.41) is 3.08.